The summed E-state index contributed by atoms with van der Waals surface area (Å²) in [5.74, 6) is 0.295. The molecule has 0 aliphatic carbocycles. The highest BCUT2D eigenvalue weighted by molar-refractivity contribution is 9.10. The van der Waals surface area contributed by atoms with E-state index in [1.165, 1.54) is 11.1 Å². The highest BCUT2D eigenvalue weighted by atomic mass is 79.9. The molecule has 1 heterocycles. The first-order valence-electron chi connectivity index (χ1n) is 7.31. The Bertz CT molecular complexity index is 476. The number of amides is 1. The molecule has 1 N–H and O–H groups in total. The molecule has 0 aromatic heterocycles. The average molecular weight is 339 g/mol. The molecule has 1 aromatic rings. The number of nitrogens with one attached hydrogen (secondary N) is 1. The van der Waals surface area contributed by atoms with E-state index >= 15 is 0 Å². The molecule has 1 aromatic carbocycles. The smallest absolute Gasteiger partial charge is 0.223 e. The second-order valence-corrected chi connectivity index (χ2v) is 6.38. The molecule has 1 aliphatic heterocycles. The standard InChI is InChI=1S/C16H23BrN2O/c1-12-10-13(5-7-15(12)17)6-8-16(20)19-9-3-4-14(19)11-18-2/h5,7,10,14,18H,3-4,6,8-9,11H2,1-2H3. The van der Waals surface area contributed by atoms with Crippen LogP contribution in [-0.4, -0.2) is 37.0 Å². The zero-order valence-electron chi connectivity index (χ0n) is 12.3. The molecule has 1 fully saturated rings. The van der Waals surface area contributed by atoms with Gasteiger partial charge in [0, 0.05) is 30.0 Å². The first-order chi connectivity index (χ1) is 9.61. The number of carbonyl (C=O) groups is 1. The van der Waals surface area contributed by atoms with E-state index in [-0.39, 0.29) is 0 Å². The maximum Gasteiger partial charge on any atom is 0.223 e. The van der Waals surface area contributed by atoms with E-state index in [1.54, 1.807) is 0 Å². The van der Waals surface area contributed by atoms with E-state index < -0.39 is 0 Å². The van der Waals surface area contributed by atoms with Crippen molar-refractivity contribution in [3.05, 3.63) is 33.8 Å². The fraction of sp³-hybridized carbons (Fsp3) is 0.562. The summed E-state index contributed by atoms with van der Waals surface area (Å²) < 4.78 is 1.13. The Morgan fingerprint density at radius 1 is 1.50 bits per heavy atom. The van der Waals surface area contributed by atoms with Crippen molar-refractivity contribution >= 4 is 21.8 Å². The van der Waals surface area contributed by atoms with Crippen LogP contribution in [-0.2, 0) is 11.2 Å². The van der Waals surface area contributed by atoms with Crippen molar-refractivity contribution in [1.29, 1.82) is 0 Å². The van der Waals surface area contributed by atoms with E-state index in [2.05, 4.69) is 51.3 Å². The molecular weight excluding hydrogens is 316 g/mol. The molecule has 1 saturated heterocycles. The largest absolute Gasteiger partial charge is 0.338 e. The molecule has 1 unspecified atom stereocenters. The van der Waals surface area contributed by atoms with Crippen LogP contribution in [0.5, 0.6) is 0 Å². The molecule has 0 spiro atoms. The van der Waals surface area contributed by atoms with Gasteiger partial charge in [-0.1, -0.05) is 28.1 Å². The number of hydrogen-bond acceptors (Lipinski definition) is 2. The van der Waals surface area contributed by atoms with Gasteiger partial charge in [0.1, 0.15) is 0 Å². The van der Waals surface area contributed by atoms with Gasteiger partial charge in [0.25, 0.3) is 0 Å². The Morgan fingerprint density at radius 2 is 2.30 bits per heavy atom. The minimum absolute atomic E-state index is 0.295. The van der Waals surface area contributed by atoms with E-state index in [1.807, 2.05) is 7.05 Å². The number of likely N-dealkylation sites (N-methyl/N-ethyl adjacent to an activating group) is 1. The van der Waals surface area contributed by atoms with Gasteiger partial charge in [0.15, 0.2) is 0 Å². The lowest BCUT2D eigenvalue weighted by Gasteiger charge is -2.24. The third-order valence-electron chi connectivity index (χ3n) is 3.99. The molecule has 3 nitrogen and oxygen atoms in total. The fourth-order valence-corrected chi connectivity index (χ4v) is 3.12. The Hall–Kier alpha value is -0.870. The topological polar surface area (TPSA) is 32.3 Å². The van der Waals surface area contributed by atoms with Gasteiger partial charge in [-0.25, -0.2) is 0 Å². The Kier molecular flexibility index (Phi) is 5.61. The molecule has 1 atom stereocenters. The van der Waals surface area contributed by atoms with Gasteiger partial charge in [0.05, 0.1) is 0 Å². The van der Waals surface area contributed by atoms with Crippen LogP contribution in [0, 0.1) is 6.92 Å². The summed E-state index contributed by atoms with van der Waals surface area (Å²) in [5.41, 5.74) is 2.47. The van der Waals surface area contributed by atoms with Crippen molar-refractivity contribution in [2.45, 2.75) is 38.6 Å². The summed E-state index contributed by atoms with van der Waals surface area (Å²) >= 11 is 3.51. The number of aryl methyl sites for hydroxylation is 2. The summed E-state index contributed by atoms with van der Waals surface area (Å²) in [6.07, 6.45) is 3.70. The van der Waals surface area contributed by atoms with Crippen LogP contribution in [0.1, 0.15) is 30.4 Å². The van der Waals surface area contributed by atoms with Crippen LogP contribution in [0.3, 0.4) is 0 Å². The first-order valence-corrected chi connectivity index (χ1v) is 8.10. The van der Waals surface area contributed by atoms with Gasteiger partial charge in [-0.05, 0) is 50.4 Å². The number of hydrogen-bond donors (Lipinski definition) is 1. The molecule has 1 amide bonds. The van der Waals surface area contributed by atoms with Crippen LogP contribution in [0.15, 0.2) is 22.7 Å². The van der Waals surface area contributed by atoms with Crippen molar-refractivity contribution in [2.24, 2.45) is 0 Å². The van der Waals surface area contributed by atoms with Crippen molar-refractivity contribution in [3.8, 4) is 0 Å². The number of nitrogens with zero attached hydrogens (tertiary/aromatic N) is 1. The Morgan fingerprint density at radius 3 is 3.00 bits per heavy atom. The lowest BCUT2D eigenvalue weighted by Crippen LogP contribution is -2.40. The van der Waals surface area contributed by atoms with Crippen LogP contribution in [0.4, 0.5) is 0 Å². The van der Waals surface area contributed by atoms with E-state index in [0.29, 0.717) is 18.4 Å². The zero-order valence-corrected chi connectivity index (χ0v) is 13.9. The SMILES string of the molecule is CNCC1CCCN1C(=O)CCc1ccc(Br)c(C)c1. The van der Waals surface area contributed by atoms with Crippen LogP contribution in [0.25, 0.3) is 0 Å². The molecule has 0 saturated carbocycles. The summed E-state index contributed by atoms with van der Waals surface area (Å²) in [7, 11) is 1.95. The molecule has 4 heteroatoms. The Labute approximate surface area is 129 Å². The Balaban J connectivity index is 1.89. The second-order valence-electron chi connectivity index (χ2n) is 5.52. The van der Waals surface area contributed by atoms with E-state index in [4.69, 9.17) is 0 Å². The molecule has 0 bridgehead atoms. The highest BCUT2D eigenvalue weighted by Crippen LogP contribution is 2.20. The number of rotatable bonds is 5. The maximum absolute atomic E-state index is 12.3. The maximum atomic E-state index is 12.3. The van der Waals surface area contributed by atoms with Gasteiger partial charge in [-0.2, -0.15) is 0 Å². The number of carbonyl (C=O) groups excluding carboxylic acids is 1. The molecule has 20 heavy (non-hydrogen) atoms. The minimum Gasteiger partial charge on any atom is -0.338 e. The lowest BCUT2D eigenvalue weighted by molar-refractivity contribution is -0.131. The van der Waals surface area contributed by atoms with Crippen molar-refractivity contribution < 1.29 is 4.79 Å². The minimum atomic E-state index is 0.295. The predicted octanol–water partition coefficient (Wildman–Crippen LogP) is 2.90. The van der Waals surface area contributed by atoms with Gasteiger partial charge in [0.2, 0.25) is 5.91 Å². The van der Waals surface area contributed by atoms with Crippen LogP contribution >= 0.6 is 15.9 Å². The third-order valence-corrected chi connectivity index (χ3v) is 4.88. The number of halogens is 1. The predicted molar refractivity (Wildman–Crippen MR) is 85.9 cm³/mol. The zero-order chi connectivity index (χ0) is 14.5. The van der Waals surface area contributed by atoms with Crippen molar-refractivity contribution in [1.82, 2.24) is 10.2 Å². The average Bonchev–Trinajstić information content (AvgIpc) is 2.88. The van der Waals surface area contributed by atoms with Gasteiger partial charge >= 0.3 is 0 Å². The summed E-state index contributed by atoms with van der Waals surface area (Å²) in [6, 6.07) is 6.71. The highest BCUT2D eigenvalue weighted by Gasteiger charge is 2.27. The lowest BCUT2D eigenvalue weighted by atomic mass is 10.1. The van der Waals surface area contributed by atoms with Gasteiger partial charge < -0.3 is 10.2 Å². The van der Waals surface area contributed by atoms with Crippen molar-refractivity contribution in [2.75, 3.05) is 20.1 Å². The van der Waals surface area contributed by atoms with E-state index in [9.17, 15) is 4.79 Å². The first kappa shape index (κ1) is 15.5. The summed E-state index contributed by atoms with van der Waals surface area (Å²) in [4.78, 5) is 14.4. The second kappa shape index (κ2) is 7.23. The fourth-order valence-electron chi connectivity index (χ4n) is 2.87. The van der Waals surface area contributed by atoms with Gasteiger partial charge in [-0.15, -0.1) is 0 Å². The third kappa shape index (κ3) is 3.83. The normalized spacial score (nSPS) is 18.6. The van der Waals surface area contributed by atoms with Gasteiger partial charge in [-0.3, -0.25) is 4.79 Å². The molecule has 1 aliphatic rings. The van der Waals surface area contributed by atoms with E-state index in [0.717, 1.165) is 36.8 Å². The monoisotopic (exact) mass is 338 g/mol. The number of likely N-dealkylation sites (tertiary alicyclic amines) is 1. The summed E-state index contributed by atoms with van der Waals surface area (Å²) in [6.45, 7) is 3.91. The van der Waals surface area contributed by atoms with Crippen molar-refractivity contribution in [3.63, 3.8) is 0 Å². The molecule has 110 valence electrons. The quantitative estimate of drug-likeness (QED) is 0.895. The van der Waals surface area contributed by atoms with Crippen LogP contribution in [0.2, 0.25) is 0 Å². The molecular formula is C16H23BrN2O. The molecule has 2 rings (SSSR count). The number of benzene rings is 1. The summed E-state index contributed by atoms with van der Waals surface area (Å²) in [5, 5.41) is 3.18. The van der Waals surface area contributed by atoms with Crippen LogP contribution < -0.4 is 5.32 Å². The molecule has 0 radical (unpaired) electrons.